The average Bonchev–Trinajstić information content (AvgIpc) is 3.12. The van der Waals surface area contributed by atoms with Gasteiger partial charge in [-0.2, -0.15) is 0 Å². The van der Waals surface area contributed by atoms with Gasteiger partial charge in [-0.05, 0) is 71.4 Å². The van der Waals surface area contributed by atoms with E-state index in [0.717, 1.165) is 43.7 Å². The molecule has 1 fully saturated rings. The van der Waals surface area contributed by atoms with E-state index in [0.29, 0.717) is 22.3 Å². The predicted molar refractivity (Wildman–Crippen MR) is 127 cm³/mol. The van der Waals surface area contributed by atoms with E-state index in [2.05, 4.69) is 45.8 Å². The molecule has 0 aliphatic carbocycles. The number of nitrogens with zero attached hydrogens (tertiary/aromatic N) is 3. The Hall–Kier alpha value is -1.87. The molecule has 1 saturated heterocycles. The highest BCUT2D eigenvalue weighted by Crippen LogP contribution is 2.32. The van der Waals surface area contributed by atoms with Crippen LogP contribution in [-0.2, 0) is 23.0 Å². The first kappa shape index (κ1) is 22.3. The number of fused-ring (bicyclic) bond motifs is 1. The van der Waals surface area contributed by atoms with E-state index in [1.807, 2.05) is 18.2 Å². The third-order valence-electron chi connectivity index (χ3n) is 5.94. The number of methoxy groups -OCH3 is 1. The van der Waals surface area contributed by atoms with Gasteiger partial charge in [0.15, 0.2) is 0 Å². The molecule has 0 radical (unpaired) electrons. The molecule has 1 aliphatic rings. The highest BCUT2D eigenvalue weighted by atomic mass is 79.9. The Labute approximate surface area is 192 Å². The average molecular weight is 506 g/mol. The van der Waals surface area contributed by atoms with Gasteiger partial charge < -0.3 is 9.64 Å². The molecular weight excluding hydrogens is 478 g/mol. The molecule has 1 aromatic heterocycles. The molecule has 166 valence electrons. The largest absolute Gasteiger partial charge is 0.497 e. The van der Waals surface area contributed by atoms with Crippen LogP contribution in [0.5, 0.6) is 5.75 Å². The van der Waals surface area contributed by atoms with Crippen LogP contribution in [0.25, 0.3) is 10.9 Å². The van der Waals surface area contributed by atoms with E-state index < -0.39 is 10.0 Å². The van der Waals surface area contributed by atoms with Gasteiger partial charge in [-0.3, -0.25) is 4.90 Å². The van der Waals surface area contributed by atoms with E-state index in [9.17, 15) is 8.42 Å². The van der Waals surface area contributed by atoms with Gasteiger partial charge in [-0.25, -0.2) is 12.4 Å². The summed E-state index contributed by atoms with van der Waals surface area (Å²) in [4.78, 5) is 4.85. The number of aryl methyl sites for hydroxylation is 1. The quantitative estimate of drug-likeness (QED) is 0.507. The van der Waals surface area contributed by atoms with E-state index in [-0.39, 0.29) is 4.90 Å². The zero-order valence-electron chi connectivity index (χ0n) is 18.1. The maximum absolute atomic E-state index is 13.9. The third kappa shape index (κ3) is 4.39. The number of benzene rings is 2. The normalized spacial score (nSPS) is 16.1. The van der Waals surface area contributed by atoms with Gasteiger partial charge >= 0.3 is 0 Å². The number of hydrogen-bond donors (Lipinski definition) is 0. The molecule has 6 nitrogen and oxygen atoms in total. The first-order chi connectivity index (χ1) is 14.8. The summed E-state index contributed by atoms with van der Waals surface area (Å²) in [6.07, 6.45) is 0.908. The Morgan fingerprint density at radius 3 is 2.42 bits per heavy atom. The van der Waals surface area contributed by atoms with Crippen molar-refractivity contribution in [2.75, 3.05) is 40.3 Å². The van der Waals surface area contributed by atoms with Gasteiger partial charge in [0.1, 0.15) is 10.6 Å². The van der Waals surface area contributed by atoms with Crippen LogP contribution in [0.2, 0.25) is 0 Å². The maximum Gasteiger partial charge on any atom is 0.269 e. The van der Waals surface area contributed by atoms with Gasteiger partial charge in [0.2, 0.25) is 0 Å². The van der Waals surface area contributed by atoms with E-state index in [1.54, 1.807) is 25.3 Å². The van der Waals surface area contributed by atoms with Gasteiger partial charge in [0.25, 0.3) is 10.0 Å². The van der Waals surface area contributed by atoms with Crippen molar-refractivity contribution in [2.45, 2.75) is 24.8 Å². The second-order valence-electron chi connectivity index (χ2n) is 8.03. The third-order valence-corrected chi connectivity index (χ3v) is 8.68. The molecular formula is C23H28BrN3O3S. The lowest BCUT2D eigenvalue weighted by atomic mass is 10.1. The van der Waals surface area contributed by atoms with Gasteiger partial charge in [-0.15, -0.1) is 0 Å². The summed E-state index contributed by atoms with van der Waals surface area (Å²) in [5.74, 6) is 0.605. The molecule has 8 heteroatoms. The van der Waals surface area contributed by atoms with Crippen LogP contribution in [0.15, 0.2) is 51.8 Å². The zero-order chi connectivity index (χ0) is 22.2. The fourth-order valence-corrected chi connectivity index (χ4v) is 6.62. The van der Waals surface area contributed by atoms with Gasteiger partial charge in [0, 0.05) is 48.3 Å². The molecule has 0 bridgehead atoms. The van der Waals surface area contributed by atoms with Crippen LogP contribution in [0.4, 0.5) is 0 Å². The van der Waals surface area contributed by atoms with Gasteiger partial charge in [0.05, 0.1) is 12.6 Å². The minimum atomic E-state index is -3.81. The Morgan fingerprint density at radius 2 is 1.77 bits per heavy atom. The number of hydrogen-bond acceptors (Lipinski definition) is 5. The van der Waals surface area contributed by atoms with Crippen molar-refractivity contribution in [1.82, 2.24) is 13.8 Å². The molecule has 0 saturated carbocycles. The summed E-state index contributed by atoms with van der Waals surface area (Å²) in [6.45, 7) is 6.51. The standard InChI is InChI=1S/C23H28BrN3O3S/c1-4-17-5-7-22-18(13-17)14-19(16-26-11-9-25(2)10-12-26)27(22)31(28,29)23-8-6-20(30-3)15-21(23)24/h5-8,13-15H,4,9-12,16H2,1-3H3. The maximum atomic E-state index is 13.9. The second-order valence-corrected chi connectivity index (χ2v) is 10.6. The fraction of sp³-hybridized carbons (Fsp3) is 0.391. The molecule has 0 spiro atoms. The van der Waals surface area contributed by atoms with E-state index in [1.165, 1.54) is 9.54 Å². The summed E-state index contributed by atoms with van der Waals surface area (Å²) in [5, 5.41) is 0.955. The van der Waals surface area contributed by atoms with Crippen molar-refractivity contribution in [3.05, 3.63) is 58.2 Å². The SMILES string of the molecule is CCc1ccc2c(c1)cc(CN1CCN(C)CC1)n2S(=O)(=O)c1ccc(OC)cc1Br. The lowest BCUT2D eigenvalue weighted by Crippen LogP contribution is -2.44. The predicted octanol–water partition coefficient (Wildman–Crippen LogP) is 3.96. The first-order valence-corrected chi connectivity index (χ1v) is 12.7. The second kappa shape index (κ2) is 8.94. The van der Waals surface area contributed by atoms with E-state index >= 15 is 0 Å². The Morgan fingerprint density at radius 1 is 1.03 bits per heavy atom. The summed E-state index contributed by atoms with van der Waals surface area (Å²) in [5.41, 5.74) is 2.69. The highest BCUT2D eigenvalue weighted by Gasteiger charge is 2.27. The van der Waals surface area contributed by atoms with Crippen LogP contribution in [0.3, 0.4) is 0 Å². The number of piperazine rings is 1. The number of likely N-dealkylation sites (N-methyl/N-ethyl adjacent to an activating group) is 1. The minimum Gasteiger partial charge on any atom is -0.497 e. The van der Waals surface area contributed by atoms with E-state index in [4.69, 9.17) is 4.74 Å². The minimum absolute atomic E-state index is 0.227. The van der Waals surface area contributed by atoms with Crippen molar-refractivity contribution in [3.63, 3.8) is 0 Å². The summed E-state index contributed by atoms with van der Waals surface area (Å²) in [6, 6.07) is 13.0. The monoisotopic (exact) mass is 505 g/mol. The van der Waals surface area contributed by atoms with Crippen LogP contribution in [0, 0.1) is 0 Å². The van der Waals surface area contributed by atoms with Crippen molar-refractivity contribution in [2.24, 2.45) is 0 Å². The van der Waals surface area contributed by atoms with Crippen LogP contribution >= 0.6 is 15.9 Å². The summed E-state index contributed by atoms with van der Waals surface area (Å²) < 4.78 is 35.0. The lowest BCUT2D eigenvalue weighted by molar-refractivity contribution is 0.147. The highest BCUT2D eigenvalue weighted by molar-refractivity contribution is 9.10. The van der Waals surface area contributed by atoms with Crippen LogP contribution < -0.4 is 4.74 Å². The Bertz CT molecular complexity index is 1200. The van der Waals surface area contributed by atoms with Crippen molar-refractivity contribution >= 4 is 36.9 Å². The van der Waals surface area contributed by atoms with Crippen molar-refractivity contribution < 1.29 is 13.2 Å². The fourth-order valence-electron chi connectivity index (χ4n) is 4.06. The molecule has 4 rings (SSSR count). The smallest absolute Gasteiger partial charge is 0.269 e. The summed E-state index contributed by atoms with van der Waals surface area (Å²) in [7, 11) is -0.131. The number of halogens is 1. The number of aromatic nitrogens is 1. The summed E-state index contributed by atoms with van der Waals surface area (Å²) >= 11 is 3.44. The number of ether oxygens (including phenoxy) is 1. The Balaban J connectivity index is 1.84. The van der Waals surface area contributed by atoms with Crippen LogP contribution in [0.1, 0.15) is 18.2 Å². The molecule has 0 N–H and O–H groups in total. The number of rotatable bonds is 6. The van der Waals surface area contributed by atoms with Crippen molar-refractivity contribution in [3.8, 4) is 5.75 Å². The lowest BCUT2D eigenvalue weighted by Gasteiger charge is -2.32. The topological polar surface area (TPSA) is 54.8 Å². The van der Waals surface area contributed by atoms with Gasteiger partial charge in [-0.1, -0.05) is 13.0 Å². The molecule has 1 aliphatic heterocycles. The molecule has 3 aromatic rings. The van der Waals surface area contributed by atoms with Crippen LogP contribution in [-0.4, -0.2) is 62.5 Å². The molecule has 31 heavy (non-hydrogen) atoms. The molecule has 0 unspecified atom stereocenters. The molecule has 2 aromatic carbocycles. The molecule has 0 amide bonds. The molecule has 2 heterocycles. The molecule has 0 atom stereocenters. The van der Waals surface area contributed by atoms with Crippen molar-refractivity contribution in [1.29, 1.82) is 0 Å². The zero-order valence-corrected chi connectivity index (χ0v) is 20.5. The first-order valence-electron chi connectivity index (χ1n) is 10.5. The Kier molecular flexibility index (Phi) is 6.44.